The lowest BCUT2D eigenvalue weighted by atomic mass is 10.3. The highest BCUT2D eigenvalue weighted by atomic mass is 16.5. The third kappa shape index (κ3) is 2.65. The van der Waals surface area contributed by atoms with Crippen LogP contribution in [0.4, 0.5) is 11.9 Å². The Morgan fingerprint density at radius 2 is 2.17 bits per heavy atom. The summed E-state index contributed by atoms with van der Waals surface area (Å²) < 4.78 is 6.68. The molecule has 2 aromatic rings. The van der Waals surface area contributed by atoms with E-state index in [1.165, 1.54) is 7.11 Å². The Balaban J connectivity index is 2.10. The number of anilines is 2. The van der Waals surface area contributed by atoms with Crippen molar-refractivity contribution in [1.29, 1.82) is 0 Å². The third-order valence-electron chi connectivity index (χ3n) is 2.37. The SMILES string of the molecule is COc1nc(N)nc(NCc2cn(C)nc2C)n1. The van der Waals surface area contributed by atoms with Gasteiger partial charge < -0.3 is 15.8 Å². The lowest BCUT2D eigenvalue weighted by Gasteiger charge is -2.05. The Kier molecular flexibility index (Phi) is 3.26. The number of nitrogens with two attached hydrogens (primary N) is 1. The summed E-state index contributed by atoms with van der Waals surface area (Å²) in [6.45, 7) is 2.51. The summed E-state index contributed by atoms with van der Waals surface area (Å²) in [5.74, 6) is 0.495. The van der Waals surface area contributed by atoms with Gasteiger partial charge in [0, 0.05) is 25.4 Å². The molecule has 0 saturated heterocycles. The fourth-order valence-corrected chi connectivity index (χ4v) is 1.54. The van der Waals surface area contributed by atoms with Crippen LogP contribution in [0.15, 0.2) is 6.20 Å². The van der Waals surface area contributed by atoms with Crippen molar-refractivity contribution in [2.24, 2.45) is 7.05 Å². The molecule has 0 fully saturated rings. The van der Waals surface area contributed by atoms with Crippen LogP contribution in [0.1, 0.15) is 11.3 Å². The smallest absolute Gasteiger partial charge is 0.322 e. The molecule has 0 bridgehead atoms. The highest BCUT2D eigenvalue weighted by molar-refractivity contribution is 5.34. The summed E-state index contributed by atoms with van der Waals surface area (Å²) in [6.07, 6.45) is 1.93. The molecular formula is C10H15N7O. The second kappa shape index (κ2) is 4.86. The van der Waals surface area contributed by atoms with Crippen molar-refractivity contribution in [1.82, 2.24) is 24.7 Å². The topological polar surface area (TPSA) is 104 Å². The fraction of sp³-hybridized carbons (Fsp3) is 0.400. The van der Waals surface area contributed by atoms with Crippen molar-refractivity contribution in [2.75, 3.05) is 18.2 Å². The van der Waals surface area contributed by atoms with Gasteiger partial charge in [0.25, 0.3) is 0 Å². The van der Waals surface area contributed by atoms with Crippen LogP contribution in [0.5, 0.6) is 6.01 Å². The second-order valence-corrected chi connectivity index (χ2v) is 3.77. The van der Waals surface area contributed by atoms with Gasteiger partial charge in [0.1, 0.15) is 0 Å². The predicted molar refractivity (Wildman–Crippen MR) is 66.1 cm³/mol. The van der Waals surface area contributed by atoms with Gasteiger partial charge in [-0.2, -0.15) is 20.1 Å². The van der Waals surface area contributed by atoms with E-state index in [0.717, 1.165) is 11.3 Å². The molecule has 2 heterocycles. The first-order valence-electron chi connectivity index (χ1n) is 5.37. The van der Waals surface area contributed by atoms with E-state index in [9.17, 15) is 0 Å². The van der Waals surface area contributed by atoms with Crippen LogP contribution in [0, 0.1) is 6.92 Å². The van der Waals surface area contributed by atoms with E-state index in [4.69, 9.17) is 10.5 Å². The highest BCUT2D eigenvalue weighted by Crippen LogP contribution is 2.11. The number of aryl methyl sites for hydroxylation is 2. The maximum atomic E-state index is 5.54. The minimum Gasteiger partial charge on any atom is -0.467 e. The van der Waals surface area contributed by atoms with E-state index >= 15 is 0 Å². The predicted octanol–water partition coefficient (Wildman–Crippen LogP) is 0.116. The molecule has 96 valence electrons. The molecule has 0 aliphatic rings. The molecule has 8 nitrogen and oxygen atoms in total. The van der Waals surface area contributed by atoms with E-state index in [1.807, 2.05) is 20.2 Å². The molecule has 0 aromatic carbocycles. The van der Waals surface area contributed by atoms with Crippen LogP contribution in [0.3, 0.4) is 0 Å². The Bertz CT molecular complexity index is 551. The number of hydrogen-bond acceptors (Lipinski definition) is 7. The molecule has 0 saturated carbocycles. The van der Waals surface area contributed by atoms with Crippen molar-refractivity contribution < 1.29 is 4.74 Å². The van der Waals surface area contributed by atoms with Gasteiger partial charge in [-0.25, -0.2) is 0 Å². The van der Waals surface area contributed by atoms with Gasteiger partial charge in [-0.1, -0.05) is 0 Å². The quantitative estimate of drug-likeness (QED) is 0.792. The van der Waals surface area contributed by atoms with Crippen LogP contribution in [0.25, 0.3) is 0 Å². The Labute approximate surface area is 104 Å². The molecule has 8 heteroatoms. The minimum atomic E-state index is 0.118. The number of aromatic nitrogens is 5. The van der Waals surface area contributed by atoms with Crippen LogP contribution in [-0.2, 0) is 13.6 Å². The number of nitrogens with one attached hydrogen (secondary N) is 1. The first-order valence-corrected chi connectivity index (χ1v) is 5.37. The maximum Gasteiger partial charge on any atom is 0.322 e. The standard InChI is InChI=1S/C10H15N7O/c1-6-7(5-17(2)16-6)4-12-9-13-8(11)14-10(15-9)18-3/h5H,4H2,1-3H3,(H3,11,12,13,14,15). The Hall–Kier alpha value is -2.38. The van der Waals surface area contributed by atoms with Crippen molar-refractivity contribution in [3.8, 4) is 6.01 Å². The number of ether oxygens (including phenoxy) is 1. The molecule has 2 aromatic heterocycles. The molecule has 0 aliphatic carbocycles. The molecule has 0 radical (unpaired) electrons. The van der Waals surface area contributed by atoms with Gasteiger partial charge in [0.05, 0.1) is 12.8 Å². The number of nitrogens with zero attached hydrogens (tertiary/aromatic N) is 5. The van der Waals surface area contributed by atoms with E-state index in [-0.39, 0.29) is 12.0 Å². The molecule has 0 spiro atoms. The normalized spacial score (nSPS) is 10.4. The summed E-state index contributed by atoms with van der Waals surface area (Å²) in [7, 11) is 3.35. The monoisotopic (exact) mass is 249 g/mol. The van der Waals surface area contributed by atoms with Crippen LogP contribution >= 0.6 is 0 Å². The maximum absolute atomic E-state index is 5.54. The van der Waals surface area contributed by atoms with Crippen molar-refractivity contribution in [2.45, 2.75) is 13.5 Å². The first-order chi connectivity index (χ1) is 8.58. The van der Waals surface area contributed by atoms with E-state index < -0.39 is 0 Å². The molecular weight excluding hydrogens is 234 g/mol. The molecule has 0 aliphatic heterocycles. The van der Waals surface area contributed by atoms with Gasteiger partial charge in [-0.05, 0) is 6.92 Å². The zero-order chi connectivity index (χ0) is 13.1. The largest absolute Gasteiger partial charge is 0.467 e. The lowest BCUT2D eigenvalue weighted by Crippen LogP contribution is -2.08. The van der Waals surface area contributed by atoms with Gasteiger partial charge in [-0.3, -0.25) is 4.68 Å². The van der Waals surface area contributed by atoms with Gasteiger partial charge in [0.15, 0.2) is 0 Å². The second-order valence-electron chi connectivity index (χ2n) is 3.77. The minimum absolute atomic E-state index is 0.118. The zero-order valence-electron chi connectivity index (χ0n) is 10.5. The summed E-state index contributed by atoms with van der Waals surface area (Å²) in [6, 6.07) is 0.188. The third-order valence-corrected chi connectivity index (χ3v) is 2.37. The van der Waals surface area contributed by atoms with E-state index in [1.54, 1.807) is 4.68 Å². The Morgan fingerprint density at radius 3 is 2.78 bits per heavy atom. The summed E-state index contributed by atoms with van der Waals surface area (Å²) in [5, 5.41) is 7.30. The number of hydrogen-bond donors (Lipinski definition) is 2. The summed E-state index contributed by atoms with van der Waals surface area (Å²) in [4.78, 5) is 11.8. The molecule has 2 rings (SSSR count). The van der Waals surface area contributed by atoms with Crippen LogP contribution in [-0.4, -0.2) is 31.8 Å². The first kappa shape index (κ1) is 12.1. The zero-order valence-corrected chi connectivity index (χ0v) is 10.5. The molecule has 3 N–H and O–H groups in total. The molecule has 18 heavy (non-hydrogen) atoms. The van der Waals surface area contributed by atoms with Gasteiger partial charge in [0.2, 0.25) is 11.9 Å². The van der Waals surface area contributed by atoms with Crippen molar-refractivity contribution >= 4 is 11.9 Å². The lowest BCUT2D eigenvalue weighted by molar-refractivity contribution is 0.379. The molecule has 0 amide bonds. The highest BCUT2D eigenvalue weighted by Gasteiger charge is 2.06. The van der Waals surface area contributed by atoms with Crippen LogP contribution in [0.2, 0.25) is 0 Å². The Morgan fingerprint density at radius 1 is 1.39 bits per heavy atom. The number of rotatable bonds is 4. The molecule has 0 atom stereocenters. The van der Waals surface area contributed by atoms with Gasteiger partial charge in [-0.15, -0.1) is 0 Å². The molecule has 0 unspecified atom stereocenters. The average molecular weight is 249 g/mol. The summed E-state index contributed by atoms with van der Waals surface area (Å²) >= 11 is 0. The fourth-order valence-electron chi connectivity index (χ4n) is 1.54. The van der Waals surface area contributed by atoms with Crippen molar-refractivity contribution in [3.63, 3.8) is 0 Å². The van der Waals surface area contributed by atoms with Gasteiger partial charge >= 0.3 is 6.01 Å². The average Bonchev–Trinajstić information content (AvgIpc) is 2.64. The number of nitrogen functional groups attached to an aromatic ring is 1. The van der Waals surface area contributed by atoms with Crippen LogP contribution < -0.4 is 15.8 Å². The number of methoxy groups -OCH3 is 1. The van der Waals surface area contributed by atoms with Crippen molar-refractivity contribution in [3.05, 3.63) is 17.5 Å². The van der Waals surface area contributed by atoms with E-state index in [0.29, 0.717) is 12.5 Å². The summed E-state index contributed by atoms with van der Waals surface area (Å²) in [5.41, 5.74) is 7.56. The van der Waals surface area contributed by atoms with E-state index in [2.05, 4.69) is 25.4 Å².